The molecular weight excluding hydrogens is 448 g/mol. The molecule has 0 unspecified atom stereocenters. The van der Waals surface area contributed by atoms with Gasteiger partial charge in [-0.25, -0.2) is 4.98 Å². The lowest BCUT2D eigenvalue weighted by molar-refractivity contribution is 0.0945. The van der Waals surface area contributed by atoms with Crippen LogP contribution in [0.1, 0.15) is 51.6 Å². The summed E-state index contributed by atoms with van der Waals surface area (Å²) in [5, 5.41) is 12.9. The number of hydrazine groups is 1. The van der Waals surface area contributed by atoms with E-state index in [1.165, 1.54) is 11.1 Å². The first-order valence-corrected chi connectivity index (χ1v) is 11.6. The highest BCUT2D eigenvalue weighted by Crippen LogP contribution is 2.40. The molecule has 0 saturated heterocycles. The van der Waals surface area contributed by atoms with Crippen LogP contribution in [-0.4, -0.2) is 35.6 Å². The number of aryl methyl sites for hydroxylation is 3. The van der Waals surface area contributed by atoms with E-state index in [1.54, 1.807) is 10.9 Å². The van der Waals surface area contributed by atoms with E-state index in [4.69, 9.17) is 17.2 Å². The number of pyridine rings is 1. The van der Waals surface area contributed by atoms with E-state index in [-0.39, 0.29) is 11.0 Å². The molecule has 0 atom stereocenters. The van der Waals surface area contributed by atoms with Crippen molar-refractivity contribution in [3.05, 3.63) is 70.8 Å². The average Bonchev–Trinajstić information content (AvgIpc) is 3.51. The highest BCUT2D eigenvalue weighted by Gasteiger charge is 2.28. The predicted octanol–water partition coefficient (Wildman–Crippen LogP) is 3.34. The largest absolute Gasteiger partial charge is 0.329 e. The Morgan fingerprint density at radius 3 is 2.79 bits per heavy atom. The summed E-state index contributed by atoms with van der Waals surface area (Å²) in [5.74, 6) is 0.128. The summed E-state index contributed by atoms with van der Waals surface area (Å²) in [6.07, 6.45) is 5.75. The monoisotopic (exact) mass is 474 g/mol. The summed E-state index contributed by atoms with van der Waals surface area (Å²) in [6, 6.07) is 10.2. The Hall–Kier alpha value is -3.79. The number of carbonyl (C=O) groups excluding carboxylic acids is 1. The first-order chi connectivity index (χ1) is 16.4. The van der Waals surface area contributed by atoms with Crippen molar-refractivity contribution in [3.8, 4) is 0 Å². The van der Waals surface area contributed by atoms with Crippen molar-refractivity contribution in [2.45, 2.75) is 39.2 Å². The van der Waals surface area contributed by atoms with Gasteiger partial charge in [0.1, 0.15) is 0 Å². The molecule has 0 radical (unpaired) electrons. The van der Waals surface area contributed by atoms with Crippen LogP contribution in [-0.2, 0) is 13.6 Å². The minimum Gasteiger partial charge on any atom is -0.329 e. The molecule has 1 fully saturated rings. The fraction of sp³-hybridized carbons (Fsp3) is 0.292. The van der Waals surface area contributed by atoms with Gasteiger partial charge in [0, 0.05) is 24.9 Å². The lowest BCUT2D eigenvalue weighted by atomic mass is 10.1. The van der Waals surface area contributed by atoms with Crippen LogP contribution in [0.2, 0.25) is 0 Å². The number of benzene rings is 1. The normalized spacial score (nSPS) is 13.1. The number of thiocarbonyl (C=S) groups is 1. The Morgan fingerprint density at radius 1 is 1.21 bits per heavy atom. The average molecular weight is 475 g/mol. The zero-order chi connectivity index (χ0) is 23.8. The molecule has 0 spiro atoms. The maximum atomic E-state index is 13.1. The van der Waals surface area contributed by atoms with E-state index in [0.717, 1.165) is 35.3 Å². The zero-order valence-corrected chi connectivity index (χ0v) is 20.1. The van der Waals surface area contributed by atoms with Crippen molar-refractivity contribution >= 4 is 40.0 Å². The molecule has 3 N–H and O–H groups in total. The number of rotatable bonds is 5. The third-order valence-corrected chi connectivity index (χ3v) is 6.04. The summed E-state index contributed by atoms with van der Waals surface area (Å²) in [4.78, 5) is 17.8. The van der Waals surface area contributed by atoms with Crippen LogP contribution in [0.25, 0.3) is 11.0 Å². The number of carbonyl (C=O) groups is 1. The van der Waals surface area contributed by atoms with Gasteiger partial charge in [0.2, 0.25) is 0 Å². The van der Waals surface area contributed by atoms with Crippen LogP contribution < -0.4 is 16.2 Å². The third-order valence-electron chi connectivity index (χ3n) is 5.84. The van der Waals surface area contributed by atoms with Crippen LogP contribution >= 0.6 is 12.2 Å². The first-order valence-electron chi connectivity index (χ1n) is 11.2. The Morgan fingerprint density at radius 2 is 2.03 bits per heavy atom. The summed E-state index contributed by atoms with van der Waals surface area (Å²) in [6.45, 7) is 4.61. The molecule has 34 heavy (non-hydrogen) atoms. The van der Waals surface area contributed by atoms with Gasteiger partial charge in [-0.3, -0.25) is 25.0 Å². The molecule has 10 heteroatoms. The smallest absolute Gasteiger partial charge is 0.270 e. The maximum absolute atomic E-state index is 13.1. The summed E-state index contributed by atoms with van der Waals surface area (Å²) < 4.78 is 3.55. The van der Waals surface area contributed by atoms with E-state index >= 15 is 0 Å². The van der Waals surface area contributed by atoms with Gasteiger partial charge in [0.05, 0.1) is 35.1 Å². The number of aromatic nitrogens is 5. The van der Waals surface area contributed by atoms with Crippen LogP contribution in [0.3, 0.4) is 0 Å². The predicted molar refractivity (Wildman–Crippen MR) is 135 cm³/mol. The second-order valence-electron chi connectivity index (χ2n) is 8.73. The molecule has 1 saturated carbocycles. The van der Waals surface area contributed by atoms with Gasteiger partial charge < -0.3 is 5.32 Å². The van der Waals surface area contributed by atoms with Crippen molar-refractivity contribution in [2.24, 2.45) is 7.05 Å². The van der Waals surface area contributed by atoms with E-state index in [1.807, 2.05) is 37.0 Å². The molecule has 3 heterocycles. The van der Waals surface area contributed by atoms with Crippen molar-refractivity contribution < 1.29 is 4.79 Å². The van der Waals surface area contributed by atoms with Crippen molar-refractivity contribution in [3.63, 3.8) is 0 Å². The molecule has 4 aromatic rings. The second-order valence-corrected chi connectivity index (χ2v) is 9.13. The zero-order valence-electron chi connectivity index (χ0n) is 19.3. The van der Waals surface area contributed by atoms with Crippen molar-refractivity contribution in [2.75, 3.05) is 5.32 Å². The van der Waals surface area contributed by atoms with Crippen LogP contribution in [0.4, 0.5) is 5.69 Å². The number of nitrogens with zero attached hydrogens (tertiary/aromatic N) is 5. The third kappa shape index (κ3) is 4.62. The number of amides is 1. The molecule has 1 aliphatic carbocycles. The van der Waals surface area contributed by atoms with Crippen LogP contribution in [0, 0.1) is 13.8 Å². The maximum Gasteiger partial charge on any atom is 0.270 e. The molecule has 0 aliphatic heterocycles. The standard InChI is InChI=1S/C24H26N8OS/c1-14-5-4-6-16(9-14)12-32-13-18(11-25-32)26-24(34)29-28-23(33)19-10-20(17-7-8-17)27-22-21(19)15(2)30-31(22)3/h4-6,9-11,13,17H,7-8,12H2,1-3H3,(H,28,33)(H2,26,29,34). The Bertz CT molecular complexity index is 1400. The van der Waals surface area contributed by atoms with Crippen molar-refractivity contribution in [1.82, 2.24) is 35.4 Å². The molecule has 174 valence electrons. The topological polar surface area (TPSA) is 102 Å². The van der Waals surface area contributed by atoms with E-state index in [2.05, 4.69) is 51.5 Å². The fourth-order valence-electron chi connectivity index (χ4n) is 4.09. The SMILES string of the molecule is Cc1cccc(Cn2cc(NC(=S)NNC(=O)c3cc(C4CC4)nc4c3c(C)nn4C)cn2)c1. The minimum absolute atomic E-state index is 0.263. The van der Waals surface area contributed by atoms with Gasteiger partial charge in [-0.15, -0.1) is 0 Å². The van der Waals surface area contributed by atoms with Gasteiger partial charge in [0.15, 0.2) is 10.8 Å². The number of nitrogens with one attached hydrogen (secondary N) is 3. The minimum atomic E-state index is -0.287. The Labute approximate surface area is 202 Å². The highest BCUT2D eigenvalue weighted by molar-refractivity contribution is 7.80. The molecule has 9 nitrogen and oxygen atoms in total. The fourth-order valence-corrected chi connectivity index (χ4v) is 4.26. The number of anilines is 1. The van der Waals surface area contributed by atoms with Crippen LogP contribution in [0.5, 0.6) is 0 Å². The summed E-state index contributed by atoms with van der Waals surface area (Å²) in [7, 11) is 1.84. The van der Waals surface area contributed by atoms with Gasteiger partial charge in [-0.05, 0) is 50.5 Å². The number of hydrogen-bond acceptors (Lipinski definition) is 5. The molecule has 0 bridgehead atoms. The van der Waals surface area contributed by atoms with E-state index in [9.17, 15) is 4.79 Å². The molecule has 5 rings (SSSR count). The van der Waals surface area contributed by atoms with Crippen LogP contribution in [0.15, 0.2) is 42.7 Å². The van der Waals surface area contributed by atoms with Gasteiger partial charge in [-0.1, -0.05) is 29.8 Å². The lowest BCUT2D eigenvalue weighted by Crippen LogP contribution is -2.43. The Kier molecular flexibility index (Phi) is 5.74. The van der Waals surface area contributed by atoms with Crippen molar-refractivity contribution in [1.29, 1.82) is 0 Å². The second kappa shape index (κ2) is 8.86. The number of fused-ring (bicyclic) bond motifs is 1. The Balaban J connectivity index is 1.24. The molecule has 1 amide bonds. The quantitative estimate of drug-likeness (QED) is 0.301. The lowest BCUT2D eigenvalue weighted by Gasteiger charge is -2.12. The van der Waals surface area contributed by atoms with Gasteiger partial charge >= 0.3 is 0 Å². The molecule has 1 aromatic carbocycles. The van der Waals surface area contributed by atoms with E-state index < -0.39 is 0 Å². The van der Waals surface area contributed by atoms with Gasteiger partial charge in [-0.2, -0.15) is 10.2 Å². The summed E-state index contributed by atoms with van der Waals surface area (Å²) >= 11 is 5.36. The summed E-state index contributed by atoms with van der Waals surface area (Å²) in [5.41, 5.74) is 11.5. The number of hydrogen-bond donors (Lipinski definition) is 3. The highest BCUT2D eigenvalue weighted by atomic mass is 32.1. The molecular formula is C24H26N8OS. The van der Waals surface area contributed by atoms with Gasteiger partial charge in [0.25, 0.3) is 5.91 Å². The molecule has 3 aromatic heterocycles. The molecule has 1 aliphatic rings. The van der Waals surface area contributed by atoms with E-state index in [0.29, 0.717) is 23.7 Å². The first kappa shape index (κ1) is 22.0.